The Balaban J connectivity index is 1.82. The highest BCUT2D eigenvalue weighted by Gasteiger charge is 2.31. The summed E-state index contributed by atoms with van der Waals surface area (Å²) in [5, 5.41) is 10.3. The molecule has 0 amide bonds. The number of hydrogen-bond donors (Lipinski definition) is 1. The first-order valence-electron chi connectivity index (χ1n) is 9.43. The summed E-state index contributed by atoms with van der Waals surface area (Å²) in [7, 11) is 0. The standard InChI is InChI=1S/C18H37N3O/c1-5-17-14-21(18(22)15(3)4)12-11-20(17)13-16-7-9-19(6-2)10-8-16/h15-18,22H,5-14H2,1-4H3/t17-,18?/m1/s1. The molecule has 2 saturated heterocycles. The van der Waals surface area contributed by atoms with Crippen LogP contribution in [0.15, 0.2) is 0 Å². The van der Waals surface area contributed by atoms with Gasteiger partial charge in [0.15, 0.2) is 0 Å². The molecule has 2 atom stereocenters. The molecular weight excluding hydrogens is 274 g/mol. The fraction of sp³-hybridized carbons (Fsp3) is 1.00. The summed E-state index contributed by atoms with van der Waals surface area (Å²) in [6, 6.07) is 0.617. The van der Waals surface area contributed by atoms with Gasteiger partial charge < -0.3 is 10.0 Å². The van der Waals surface area contributed by atoms with Crippen LogP contribution in [0.1, 0.15) is 47.0 Å². The van der Waals surface area contributed by atoms with E-state index in [0.717, 1.165) is 25.6 Å². The van der Waals surface area contributed by atoms with E-state index in [1.807, 2.05) is 0 Å². The molecule has 0 aromatic heterocycles. The van der Waals surface area contributed by atoms with Gasteiger partial charge in [0.1, 0.15) is 6.23 Å². The monoisotopic (exact) mass is 311 g/mol. The largest absolute Gasteiger partial charge is 0.378 e. The summed E-state index contributed by atoms with van der Waals surface area (Å²) in [5.41, 5.74) is 0. The van der Waals surface area contributed by atoms with Crippen molar-refractivity contribution in [2.45, 2.75) is 59.2 Å². The van der Waals surface area contributed by atoms with E-state index in [-0.39, 0.29) is 6.23 Å². The molecule has 0 spiro atoms. The first-order valence-corrected chi connectivity index (χ1v) is 9.43. The summed E-state index contributed by atoms with van der Waals surface area (Å²) >= 11 is 0. The van der Waals surface area contributed by atoms with Gasteiger partial charge in [-0.3, -0.25) is 9.80 Å². The van der Waals surface area contributed by atoms with Crippen molar-refractivity contribution in [1.29, 1.82) is 0 Å². The zero-order valence-electron chi connectivity index (χ0n) is 15.2. The lowest BCUT2D eigenvalue weighted by Crippen LogP contribution is -2.57. The summed E-state index contributed by atoms with van der Waals surface area (Å²) in [6.45, 7) is 17.0. The quantitative estimate of drug-likeness (QED) is 0.813. The topological polar surface area (TPSA) is 30.0 Å². The lowest BCUT2D eigenvalue weighted by Gasteiger charge is -2.45. The third kappa shape index (κ3) is 4.67. The average molecular weight is 312 g/mol. The number of aliphatic hydroxyl groups is 1. The van der Waals surface area contributed by atoms with Crippen molar-refractivity contribution < 1.29 is 5.11 Å². The second-order valence-corrected chi connectivity index (χ2v) is 7.59. The molecule has 0 bridgehead atoms. The van der Waals surface area contributed by atoms with Crippen molar-refractivity contribution in [1.82, 2.24) is 14.7 Å². The van der Waals surface area contributed by atoms with Crippen LogP contribution in [0, 0.1) is 11.8 Å². The number of aliphatic hydroxyl groups excluding tert-OH is 1. The van der Waals surface area contributed by atoms with Crippen LogP contribution < -0.4 is 0 Å². The summed E-state index contributed by atoms with van der Waals surface area (Å²) < 4.78 is 0. The SMILES string of the molecule is CC[C@@H]1CN(C(O)C(C)C)CCN1CC1CCN(CC)CC1. The van der Waals surface area contributed by atoms with Crippen LogP contribution in [-0.4, -0.2) is 77.9 Å². The maximum Gasteiger partial charge on any atom is 0.109 e. The van der Waals surface area contributed by atoms with Gasteiger partial charge in [-0.05, 0) is 50.7 Å². The molecule has 0 radical (unpaired) electrons. The first kappa shape index (κ1) is 18.2. The van der Waals surface area contributed by atoms with Crippen molar-refractivity contribution >= 4 is 0 Å². The molecule has 2 rings (SSSR count). The average Bonchev–Trinajstić information content (AvgIpc) is 2.55. The van der Waals surface area contributed by atoms with Gasteiger partial charge in [-0.2, -0.15) is 0 Å². The minimum absolute atomic E-state index is 0.274. The molecule has 2 heterocycles. The Labute approximate surface area is 137 Å². The Morgan fingerprint density at radius 3 is 2.27 bits per heavy atom. The fourth-order valence-corrected chi connectivity index (χ4v) is 4.02. The Hall–Kier alpha value is -0.160. The van der Waals surface area contributed by atoms with Crippen LogP contribution >= 0.6 is 0 Å². The Morgan fingerprint density at radius 1 is 1.05 bits per heavy atom. The van der Waals surface area contributed by atoms with Crippen LogP contribution in [0.2, 0.25) is 0 Å². The van der Waals surface area contributed by atoms with E-state index in [2.05, 4.69) is 42.4 Å². The maximum absolute atomic E-state index is 10.3. The second kappa shape index (κ2) is 8.62. The zero-order chi connectivity index (χ0) is 16.1. The second-order valence-electron chi connectivity index (χ2n) is 7.59. The summed E-state index contributed by atoms with van der Waals surface area (Å²) in [6.07, 6.45) is 3.64. The molecule has 0 aromatic carbocycles. The highest BCUT2D eigenvalue weighted by molar-refractivity contribution is 4.85. The Bertz CT molecular complexity index is 315. The van der Waals surface area contributed by atoms with E-state index in [1.165, 1.54) is 45.4 Å². The van der Waals surface area contributed by atoms with Gasteiger partial charge in [0.05, 0.1) is 0 Å². The van der Waals surface area contributed by atoms with E-state index < -0.39 is 0 Å². The molecule has 4 nitrogen and oxygen atoms in total. The lowest BCUT2D eigenvalue weighted by atomic mass is 9.94. The molecule has 0 aromatic rings. The minimum atomic E-state index is -0.274. The van der Waals surface area contributed by atoms with Crippen molar-refractivity contribution in [3.8, 4) is 0 Å². The van der Waals surface area contributed by atoms with Crippen LogP contribution in [0.4, 0.5) is 0 Å². The van der Waals surface area contributed by atoms with Gasteiger partial charge in [-0.25, -0.2) is 0 Å². The number of hydrogen-bond acceptors (Lipinski definition) is 4. The Morgan fingerprint density at radius 2 is 1.73 bits per heavy atom. The van der Waals surface area contributed by atoms with Crippen molar-refractivity contribution in [2.75, 3.05) is 45.8 Å². The van der Waals surface area contributed by atoms with Crippen molar-refractivity contribution in [3.63, 3.8) is 0 Å². The van der Waals surface area contributed by atoms with Crippen molar-refractivity contribution in [3.05, 3.63) is 0 Å². The predicted molar refractivity (Wildman–Crippen MR) is 92.9 cm³/mol. The molecule has 22 heavy (non-hydrogen) atoms. The Kier molecular flexibility index (Phi) is 7.13. The smallest absolute Gasteiger partial charge is 0.109 e. The summed E-state index contributed by atoms with van der Waals surface area (Å²) in [4.78, 5) is 7.57. The number of piperazine rings is 1. The number of likely N-dealkylation sites (tertiary alicyclic amines) is 1. The molecule has 4 heteroatoms. The minimum Gasteiger partial charge on any atom is -0.378 e. The van der Waals surface area contributed by atoms with Gasteiger partial charge >= 0.3 is 0 Å². The van der Waals surface area contributed by atoms with E-state index >= 15 is 0 Å². The van der Waals surface area contributed by atoms with Gasteiger partial charge in [-0.15, -0.1) is 0 Å². The highest BCUT2D eigenvalue weighted by atomic mass is 16.3. The van der Waals surface area contributed by atoms with Crippen LogP contribution in [0.3, 0.4) is 0 Å². The number of rotatable bonds is 6. The lowest BCUT2D eigenvalue weighted by molar-refractivity contribution is -0.0719. The third-order valence-electron chi connectivity index (χ3n) is 5.72. The number of piperidine rings is 1. The van der Waals surface area contributed by atoms with Gasteiger partial charge in [-0.1, -0.05) is 27.7 Å². The molecule has 0 saturated carbocycles. The van der Waals surface area contributed by atoms with E-state index in [0.29, 0.717) is 12.0 Å². The number of nitrogens with zero attached hydrogens (tertiary/aromatic N) is 3. The van der Waals surface area contributed by atoms with E-state index in [9.17, 15) is 5.11 Å². The summed E-state index contributed by atoms with van der Waals surface area (Å²) in [5.74, 6) is 1.20. The molecule has 2 aliphatic heterocycles. The molecule has 1 N–H and O–H groups in total. The van der Waals surface area contributed by atoms with Gasteiger partial charge in [0.2, 0.25) is 0 Å². The first-order chi connectivity index (χ1) is 10.5. The van der Waals surface area contributed by atoms with Crippen LogP contribution in [0.5, 0.6) is 0 Å². The molecular formula is C18H37N3O. The van der Waals surface area contributed by atoms with Gasteiger partial charge in [0.25, 0.3) is 0 Å². The fourth-order valence-electron chi connectivity index (χ4n) is 4.02. The third-order valence-corrected chi connectivity index (χ3v) is 5.72. The zero-order valence-corrected chi connectivity index (χ0v) is 15.2. The molecule has 1 unspecified atom stereocenters. The van der Waals surface area contributed by atoms with Gasteiger partial charge in [0, 0.05) is 32.2 Å². The molecule has 0 aliphatic carbocycles. The predicted octanol–water partition coefficient (Wildman–Crippen LogP) is 2.09. The van der Waals surface area contributed by atoms with E-state index in [1.54, 1.807) is 0 Å². The van der Waals surface area contributed by atoms with Crippen LogP contribution in [-0.2, 0) is 0 Å². The molecule has 130 valence electrons. The molecule has 2 fully saturated rings. The van der Waals surface area contributed by atoms with Crippen molar-refractivity contribution in [2.24, 2.45) is 11.8 Å². The maximum atomic E-state index is 10.3. The normalized spacial score (nSPS) is 28.4. The van der Waals surface area contributed by atoms with Crippen LogP contribution in [0.25, 0.3) is 0 Å². The van der Waals surface area contributed by atoms with E-state index in [4.69, 9.17) is 0 Å². The highest BCUT2D eigenvalue weighted by Crippen LogP contribution is 2.23. The molecule has 2 aliphatic rings.